The van der Waals surface area contributed by atoms with Crippen LogP contribution in [0, 0.1) is 24.0 Å². The molecule has 11 heteroatoms. The molecule has 2 heterocycles. The van der Waals surface area contributed by atoms with Crippen molar-refractivity contribution in [1.29, 1.82) is 0 Å². The molecule has 33 heavy (non-hydrogen) atoms. The molecule has 168 valence electrons. The molecule has 9 nitrogen and oxygen atoms in total. The minimum absolute atomic E-state index is 0.0513. The van der Waals surface area contributed by atoms with Gasteiger partial charge in [0.25, 0.3) is 18.0 Å². The zero-order valence-corrected chi connectivity index (χ0v) is 17.5. The van der Waals surface area contributed by atoms with Crippen LogP contribution < -0.4 is 10.1 Å². The van der Waals surface area contributed by atoms with Gasteiger partial charge in [-0.25, -0.2) is 18.3 Å². The highest BCUT2D eigenvalue weighted by molar-refractivity contribution is 6.08. The number of alkyl halides is 2. The van der Waals surface area contributed by atoms with Gasteiger partial charge >= 0.3 is 0 Å². The molecule has 0 atom stereocenters. The number of hydrogen-bond acceptors (Lipinski definition) is 6. The van der Waals surface area contributed by atoms with Crippen LogP contribution in [0.5, 0.6) is 11.5 Å². The van der Waals surface area contributed by atoms with Crippen molar-refractivity contribution in [2.45, 2.75) is 20.3 Å². The zero-order chi connectivity index (χ0) is 23.7. The Morgan fingerprint density at radius 3 is 2.64 bits per heavy atom. The number of carbonyl (C=O) groups excluding carboxylic acids is 1. The maximum Gasteiger partial charge on any atom is 0.280 e. The number of aromatic nitrogens is 3. The largest absolute Gasteiger partial charge is 0.457 e. The van der Waals surface area contributed by atoms with Crippen molar-refractivity contribution in [2.75, 3.05) is 5.32 Å². The summed E-state index contributed by atoms with van der Waals surface area (Å²) in [6, 6.07) is 12.1. The molecule has 1 N–H and O–H groups in total. The molecule has 0 saturated heterocycles. The first-order valence-corrected chi connectivity index (χ1v) is 9.70. The molecule has 0 unspecified atom stereocenters. The Hall–Kier alpha value is -4.41. The Kier molecular flexibility index (Phi) is 5.69. The van der Waals surface area contributed by atoms with E-state index in [0.29, 0.717) is 5.75 Å². The molecule has 0 bridgehead atoms. The fourth-order valence-electron chi connectivity index (χ4n) is 3.24. The Bertz CT molecular complexity index is 1390. The second kappa shape index (κ2) is 8.61. The highest BCUT2D eigenvalue weighted by atomic mass is 19.3. The molecule has 0 spiro atoms. The van der Waals surface area contributed by atoms with Crippen LogP contribution >= 0.6 is 0 Å². The second-order valence-electron chi connectivity index (χ2n) is 7.21. The molecule has 1 amide bonds. The molecule has 0 aliphatic heterocycles. The Balaban J connectivity index is 1.69. The van der Waals surface area contributed by atoms with E-state index in [9.17, 15) is 23.7 Å². The van der Waals surface area contributed by atoms with Gasteiger partial charge in [-0.2, -0.15) is 5.10 Å². The number of carbonyl (C=O) groups is 1. The third-order valence-electron chi connectivity index (χ3n) is 4.78. The van der Waals surface area contributed by atoms with Gasteiger partial charge in [0, 0.05) is 17.8 Å². The number of fused-ring (bicyclic) bond motifs is 1. The lowest BCUT2D eigenvalue weighted by atomic mass is 10.2. The fourth-order valence-corrected chi connectivity index (χ4v) is 3.24. The molecule has 4 aromatic rings. The molecule has 0 aliphatic carbocycles. The monoisotopic (exact) mass is 453 g/mol. The predicted octanol–water partition coefficient (Wildman–Crippen LogP) is 5.24. The molecule has 2 aromatic carbocycles. The van der Waals surface area contributed by atoms with Crippen LogP contribution in [-0.2, 0) is 0 Å². The van der Waals surface area contributed by atoms with Gasteiger partial charge < -0.3 is 10.1 Å². The number of para-hydroxylation sites is 1. The van der Waals surface area contributed by atoms with E-state index in [1.54, 1.807) is 12.1 Å². The van der Waals surface area contributed by atoms with E-state index in [4.69, 9.17) is 4.74 Å². The van der Waals surface area contributed by atoms with E-state index in [1.807, 2.05) is 19.1 Å². The number of hydrogen-bond donors (Lipinski definition) is 1. The van der Waals surface area contributed by atoms with Gasteiger partial charge in [0.15, 0.2) is 5.65 Å². The Morgan fingerprint density at radius 2 is 1.94 bits per heavy atom. The standard InChI is InChI=1S/C22H17F2N5O4/c1-12-5-3-4-6-19(12)33-16-9-14(8-15(10-16)29(31)32)27-22(30)17-11-25-28-18(20(23)24)7-13(2)26-21(17)28/h3-11,20H,1-2H3,(H,27,30). The quantitative estimate of drug-likeness (QED) is 0.316. The average molecular weight is 453 g/mol. The zero-order valence-electron chi connectivity index (χ0n) is 17.5. The summed E-state index contributed by atoms with van der Waals surface area (Å²) in [6.45, 7) is 3.35. The number of nitrogens with one attached hydrogen (secondary N) is 1. The number of rotatable bonds is 6. The van der Waals surface area contributed by atoms with E-state index in [-0.39, 0.29) is 34.0 Å². The summed E-state index contributed by atoms with van der Waals surface area (Å²) < 4.78 is 33.3. The second-order valence-corrected chi connectivity index (χ2v) is 7.21. The smallest absolute Gasteiger partial charge is 0.280 e. The van der Waals surface area contributed by atoms with Crippen LogP contribution in [0.25, 0.3) is 5.65 Å². The summed E-state index contributed by atoms with van der Waals surface area (Å²) in [5, 5.41) is 17.8. The highest BCUT2D eigenvalue weighted by Crippen LogP contribution is 2.31. The number of amides is 1. The van der Waals surface area contributed by atoms with Crippen molar-refractivity contribution in [2.24, 2.45) is 0 Å². The van der Waals surface area contributed by atoms with Crippen molar-refractivity contribution in [3.8, 4) is 11.5 Å². The molecular formula is C22H17F2N5O4. The summed E-state index contributed by atoms with van der Waals surface area (Å²) in [5.41, 5.74) is 0.372. The van der Waals surface area contributed by atoms with Crippen molar-refractivity contribution >= 4 is 22.9 Å². The van der Waals surface area contributed by atoms with E-state index >= 15 is 0 Å². The first kappa shape index (κ1) is 21.8. The molecule has 0 saturated carbocycles. The van der Waals surface area contributed by atoms with Crippen molar-refractivity contribution in [3.05, 3.63) is 87.4 Å². The van der Waals surface area contributed by atoms with Crippen LogP contribution in [0.3, 0.4) is 0 Å². The van der Waals surface area contributed by atoms with Gasteiger partial charge in [-0.15, -0.1) is 0 Å². The molecule has 0 aliphatic rings. The van der Waals surface area contributed by atoms with E-state index < -0.39 is 22.9 Å². The summed E-state index contributed by atoms with van der Waals surface area (Å²) in [7, 11) is 0. The Morgan fingerprint density at radius 1 is 1.18 bits per heavy atom. The maximum absolute atomic E-state index is 13.3. The number of nitrogens with zero attached hydrogens (tertiary/aromatic N) is 4. The first-order chi connectivity index (χ1) is 15.7. The number of ether oxygens (including phenoxy) is 1. The van der Waals surface area contributed by atoms with Gasteiger partial charge in [-0.05, 0) is 31.5 Å². The Labute approximate surface area is 185 Å². The number of nitro groups is 1. The third-order valence-corrected chi connectivity index (χ3v) is 4.78. The number of nitro benzene ring substituents is 1. The number of benzene rings is 2. The fraction of sp³-hybridized carbons (Fsp3) is 0.136. The minimum atomic E-state index is -2.82. The number of aryl methyl sites for hydroxylation is 2. The van der Waals surface area contributed by atoms with Gasteiger partial charge in [-0.3, -0.25) is 14.9 Å². The van der Waals surface area contributed by atoms with Gasteiger partial charge in [0.1, 0.15) is 22.8 Å². The lowest BCUT2D eigenvalue weighted by Gasteiger charge is -2.11. The van der Waals surface area contributed by atoms with Crippen molar-refractivity contribution in [1.82, 2.24) is 14.6 Å². The van der Waals surface area contributed by atoms with Crippen LogP contribution in [0.4, 0.5) is 20.2 Å². The van der Waals surface area contributed by atoms with Crippen molar-refractivity contribution < 1.29 is 23.2 Å². The van der Waals surface area contributed by atoms with Crippen LogP contribution in [0.2, 0.25) is 0 Å². The van der Waals surface area contributed by atoms with Gasteiger partial charge in [0.2, 0.25) is 0 Å². The highest BCUT2D eigenvalue weighted by Gasteiger charge is 2.21. The van der Waals surface area contributed by atoms with E-state index in [0.717, 1.165) is 22.3 Å². The predicted molar refractivity (Wildman–Crippen MR) is 115 cm³/mol. The molecule has 2 aromatic heterocycles. The van der Waals surface area contributed by atoms with Crippen molar-refractivity contribution in [3.63, 3.8) is 0 Å². The summed E-state index contributed by atoms with van der Waals surface area (Å²) in [6.07, 6.45) is -1.70. The van der Waals surface area contributed by atoms with Crippen LogP contribution in [0.15, 0.2) is 54.7 Å². The third kappa shape index (κ3) is 4.47. The average Bonchev–Trinajstić information content (AvgIpc) is 3.18. The molecular weight excluding hydrogens is 436 g/mol. The van der Waals surface area contributed by atoms with Crippen LogP contribution in [-0.4, -0.2) is 25.4 Å². The SMILES string of the molecule is Cc1cc(C(F)F)n2ncc(C(=O)Nc3cc(Oc4ccccc4C)cc([N+](=O)[O-])c3)c2n1. The van der Waals surface area contributed by atoms with E-state index in [2.05, 4.69) is 15.4 Å². The molecule has 0 fully saturated rings. The first-order valence-electron chi connectivity index (χ1n) is 9.70. The molecule has 4 rings (SSSR count). The summed E-state index contributed by atoms with van der Waals surface area (Å²) in [4.78, 5) is 27.8. The lowest BCUT2D eigenvalue weighted by molar-refractivity contribution is -0.384. The molecule has 0 radical (unpaired) electrons. The summed E-state index contributed by atoms with van der Waals surface area (Å²) >= 11 is 0. The lowest BCUT2D eigenvalue weighted by Crippen LogP contribution is -2.13. The van der Waals surface area contributed by atoms with Gasteiger partial charge in [-0.1, -0.05) is 18.2 Å². The minimum Gasteiger partial charge on any atom is -0.457 e. The van der Waals surface area contributed by atoms with Gasteiger partial charge in [0.05, 0.1) is 22.9 Å². The topological polar surface area (TPSA) is 112 Å². The number of non-ortho nitro benzene ring substituents is 1. The number of anilines is 1. The maximum atomic E-state index is 13.3. The summed E-state index contributed by atoms with van der Waals surface area (Å²) in [5.74, 6) is -0.0783. The number of halogens is 2. The van der Waals surface area contributed by atoms with Crippen LogP contribution in [0.1, 0.15) is 33.7 Å². The van der Waals surface area contributed by atoms with E-state index in [1.165, 1.54) is 25.1 Å². The normalized spacial score (nSPS) is 11.1.